The van der Waals surface area contributed by atoms with Gasteiger partial charge in [-0.15, -0.1) is 11.3 Å². The molecule has 4 heteroatoms. The third kappa shape index (κ3) is 3.27. The Labute approximate surface area is 129 Å². The fourth-order valence-corrected chi connectivity index (χ4v) is 3.32. The van der Waals surface area contributed by atoms with Gasteiger partial charge >= 0.3 is 0 Å². The fourth-order valence-electron chi connectivity index (χ4n) is 2.70. The Balaban J connectivity index is 1.78. The van der Waals surface area contributed by atoms with Gasteiger partial charge in [-0.05, 0) is 42.3 Å². The minimum atomic E-state index is -0.0252. The third-order valence-electron chi connectivity index (χ3n) is 4.02. The second-order valence-corrected chi connectivity index (χ2v) is 6.57. The second-order valence-electron chi connectivity index (χ2n) is 5.62. The molecule has 110 valence electrons. The number of carbonyl (C=O) groups excluding carboxylic acids is 1. The molecular weight excluding hydrogens is 280 g/mol. The van der Waals surface area contributed by atoms with Crippen molar-refractivity contribution in [3.8, 4) is 0 Å². The molecule has 0 atom stereocenters. The molecule has 3 rings (SSSR count). The fraction of sp³-hybridized carbons (Fsp3) is 0.353. The number of carbonyl (C=O) groups is 1. The number of para-hydroxylation sites is 2. The first-order valence-corrected chi connectivity index (χ1v) is 8.31. The van der Waals surface area contributed by atoms with Gasteiger partial charge < -0.3 is 10.2 Å². The van der Waals surface area contributed by atoms with Crippen LogP contribution in [0.3, 0.4) is 0 Å². The number of benzene rings is 1. The lowest BCUT2D eigenvalue weighted by molar-refractivity contribution is 0.103. The summed E-state index contributed by atoms with van der Waals surface area (Å²) < 4.78 is 0. The van der Waals surface area contributed by atoms with E-state index in [1.807, 2.05) is 35.7 Å². The zero-order valence-electron chi connectivity index (χ0n) is 12.2. The molecule has 3 nitrogen and oxygen atoms in total. The van der Waals surface area contributed by atoms with Crippen LogP contribution in [-0.4, -0.2) is 19.0 Å². The maximum Gasteiger partial charge on any atom is 0.265 e. The number of thiophene rings is 1. The van der Waals surface area contributed by atoms with E-state index in [0.717, 1.165) is 35.3 Å². The Hall–Kier alpha value is -1.81. The summed E-state index contributed by atoms with van der Waals surface area (Å²) in [5, 5.41) is 4.97. The lowest BCUT2D eigenvalue weighted by Crippen LogP contribution is -2.33. The molecule has 1 N–H and O–H groups in total. The van der Waals surface area contributed by atoms with Crippen molar-refractivity contribution in [3.05, 3.63) is 46.7 Å². The number of rotatable bonds is 3. The lowest BCUT2D eigenvalue weighted by atomic mass is 9.98. The largest absolute Gasteiger partial charge is 0.370 e. The van der Waals surface area contributed by atoms with Gasteiger partial charge in [0.15, 0.2) is 0 Å². The molecule has 0 radical (unpaired) electrons. The van der Waals surface area contributed by atoms with Gasteiger partial charge in [-0.2, -0.15) is 0 Å². The van der Waals surface area contributed by atoms with Gasteiger partial charge in [-0.1, -0.05) is 25.1 Å². The topological polar surface area (TPSA) is 32.3 Å². The zero-order chi connectivity index (χ0) is 14.7. The first-order chi connectivity index (χ1) is 10.2. The monoisotopic (exact) mass is 300 g/mol. The van der Waals surface area contributed by atoms with Gasteiger partial charge in [0.05, 0.1) is 16.3 Å². The van der Waals surface area contributed by atoms with E-state index in [1.165, 1.54) is 24.2 Å². The Morgan fingerprint density at radius 1 is 1.19 bits per heavy atom. The molecule has 1 aliphatic rings. The van der Waals surface area contributed by atoms with Gasteiger partial charge in [0.2, 0.25) is 0 Å². The highest BCUT2D eigenvalue weighted by Gasteiger charge is 2.19. The Kier molecular flexibility index (Phi) is 4.25. The smallest absolute Gasteiger partial charge is 0.265 e. The molecule has 1 saturated heterocycles. The highest BCUT2D eigenvalue weighted by atomic mass is 32.1. The molecule has 1 fully saturated rings. The lowest BCUT2D eigenvalue weighted by Gasteiger charge is -2.33. The van der Waals surface area contributed by atoms with Crippen molar-refractivity contribution in [2.75, 3.05) is 23.3 Å². The highest BCUT2D eigenvalue weighted by Crippen LogP contribution is 2.30. The van der Waals surface area contributed by atoms with Crippen molar-refractivity contribution in [3.63, 3.8) is 0 Å². The van der Waals surface area contributed by atoms with Crippen molar-refractivity contribution in [2.24, 2.45) is 5.92 Å². The van der Waals surface area contributed by atoms with Crippen LogP contribution in [0, 0.1) is 5.92 Å². The quantitative estimate of drug-likeness (QED) is 0.919. The maximum absolute atomic E-state index is 12.2. The number of nitrogens with one attached hydrogen (secondary N) is 1. The van der Waals surface area contributed by atoms with Crippen molar-refractivity contribution in [1.29, 1.82) is 0 Å². The predicted octanol–water partition coefficient (Wildman–Crippen LogP) is 4.24. The molecule has 1 amide bonds. The first kappa shape index (κ1) is 14.1. The van der Waals surface area contributed by atoms with Crippen LogP contribution in [0.5, 0.6) is 0 Å². The zero-order valence-corrected chi connectivity index (χ0v) is 13.0. The van der Waals surface area contributed by atoms with Gasteiger partial charge in [0.1, 0.15) is 0 Å². The van der Waals surface area contributed by atoms with Crippen LogP contribution in [0.4, 0.5) is 11.4 Å². The molecule has 0 bridgehead atoms. The summed E-state index contributed by atoms with van der Waals surface area (Å²) in [6.45, 7) is 4.43. The summed E-state index contributed by atoms with van der Waals surface area (Å²) in [5.74, 6) is 0.775. The van der Waals surface area contributed by atoms with Gasteiger partial charge in [0.25, 0.3) is 5.91 Å². The van der Waals surface area contributed by atoms with Crippen molar-refractivity contribution in [2.45, 2.75) is 19.8 Å². The van der Waals surface area contributed by atoms with E-state index in [2.05, 4.69) is 23.2 Å². The molecule has 1 aromatic heterocycles. The van der Waals surface area contributed by atoms with Gasteiger partial charge in [-0.25, -0.2) is 0 Å². The molecular formula is C17H20N2OS. The van der Waals surface area contributed by atoms with Gasteiger partial charge in [0, 0.05) is 13.1 Å². The summed E-state index contributed by atoms with van der Waals surface area (Å²) in [4.78, 5) is 15.4. The molecule has 0 unspecified atom stereocenters. The van der Waals surface area contributed by atoms with E-state index in [4.69, 9.17) is 0 Å². The number of anilines is 2. The van der Waals surface area contributed by atoms with Crippen LogP contribution in [-0.2, 0) is 0 Å². The van der Waals surface area contributed by atoms with Crippen LogP contribution >= 0.6 is 11.3 Å². The molecule has 0 spiro atoms. The average molecular weight is 300 g/mol. The van der Waals surface area contributed by atoms with E-state index >= 15 is 0 Å². The SMILES string of the molecule is CC1CCN(c2ccccc2NC(=O)c2cccs2)CC1. The summed E-state index contributed by atoms with van der Waals surface area (Å²) in [5.41, 5.74) is 2.04. The van der Waals surface area contributed by atoms with E-state index in [9.17, 15) is 4.79 Å². The van der Waals surface area contributed by atoms with E-state index in [1.54, 1.807) is 0 Å². The summed E-state index contributed by atoms with van der Waals surface area (Å²) in [7, 11) is 0. The highest BCUT2D eigenvalue weighted by molar-refractivity contribution is 7.12. The summed E-state index contributed by atoms with van der Waals surface area (Å²) in [6.07, 6.45) is 2.43. The number of hydrogen-bond donors (Lipinski definition) is 1. The number of piperidine rings is 1. The van der Waals surface area contributed by atoms with Crippen molar-refractivity contribution in [1.82, 2.24) is 0 Å². The van der Waals surface area contributed by atoms with Crippen LogP contribution in [0.25, 0.3) is 0 Å². The van der Waals surface area contributed by atoms with Crippen LogP contribution < -0.4 is 10.2 Å². The Morgan fingerprint density at radius 3 is 2.67 bits per heavy atom. The Bertz CT molecular complexity index is 601. The minimum absolute atomic E-state index is 0.0252. The minimum Gasteiger partial charge on any atom is -0.370 e. The first-order valence-electron chi connectivity index (χ1n) is 7.43. The van der Waals surface area contributed by atoms with E-state index in [0.29, 0.717) is 0 Å². The van der Waals surface area contributed by atoms with Crippen LogP contribution in [0.15, 0.2) is 41.8 Å². The molecule has 0 aliphatic carbocycles. The van der Waals surface area contributed by atoms with E-state index < -0.39 is 0 Å². The molecule has 2 aromatic rings. The second kappa shape index (κ2) is 6.31. The average Bonchev–Trinajstić information content (AvgIpc) is 3.03. The predicted molar refractivity (Wildman–Crippen MR) is 89.3 cm³/mol. The van der Waals surface area contributed by atoms with Gasteiger partial charge in [-0.3, -0.25) is 4.79 Å². The third-order valence-corrected chi connectivity index (χ3v) is 4.89. The standard InChI is InChI=1S/C17H20N2OS/c1-13-8-10-19(11-9-13)15-6-3-2-5-14(15)18-17(20)16-7-4-12-21-16/h2-7,12-13H,8-11H2,1H3,(H,18,20). The van der Waals surface area contributed by atoms with E-state index in [-0.39, 0.29) is 5.91 Å². The molecule has 1 aromatic carbocycles. The number of amides is 1. The Morgan fingerprint density at radius 2 is 1.95 bits per heavy atom. The summed E-state index contributed by atoms with van der Waals surface area (Å²) >= 11 is 1.47. The maximum atomic E-state index is 12.2. The summed E-state index contributed by atoms with van der Waals surface area (Å²) in [6, 6.07) is 11.8. The molecule has 1 aliphatic heterocycles. The van der Waals surface area contributed by atoms with Crippen molar-refractivity contribution >= 4 is 28.6 Å². The number of hydrogen-bond acceptors (Lipinski definition) is 3. The molecule has 2 heterocycles. The number of nitrogens with zero attached hydrogens (tertiary/aromatic N) is 1. The normalized spacial score (nSPS) is 16.0. The van der Waals surface area contributed by atoms with Crippen molar-refractivity contribution < 1.29 is 4.79 Å². The van der Waals surface area contributed by atoms with Crippen LogP contribution in [0.2, 0.25) is 0 Å². The molecule has 0 saturated carbocycles. The molecule has 21 heavy (non-hydrogen) atoms. The van der Waals surface area contributed by atoms with Crippen LogP contribution in [0.1, 0.15) is 29.4 Å².